The SMILES string of the molecule is C.C.C.C.C.C.C=C(N)NCC(=O)C(C)C.C=C(N)NCCCC(=O)C(C)C.C=C(N)NCCCCCC(=O)C(C)C.CC(C)C(=O)CCCCCN.CC(C)C(=O)CCCCN=C(N)N.CC(C)C(=O)CCCN.CC(C)C(=O)CCN.CC(C)C(=O)CCN=C(N)N.CCC(=O)C(C)C.CCCCCC(=O)C(C)C. The third-order valence-electron chi connectivity index (χ3n) is 14.6. The minimum Gasteiger partial charge on any atom is -0.386 e. The van der Waals surface area contributed by atoms with Gasteiger partial charge in [0.05, 0.1) is 24.0 Å². The van der Waals surface area contributed by atoms with Crippen LogP contribution in [-0.4, -0.2) is 122 Å². The van der Waals surface area contributed by atoms with E-state index in [1.807, 2.05) is 145 Å². The Morgan fingerprint density at radius 3 is 0.775 bits per heavy atom. The fourth-order valence-electron chi connectivity index (χ4n) is 6.99. The van der Waals surface area contributed by atoms with Gasteiger partial charge in [-0.1, -0.05) is 242 Å². The fraction of sp³-hybridized carbons (Fsp3) is 0.791. The van der Waals surface area contributed by atoms with Crippen LogP contribution in [0, 0.1) is 59.2 Å². The summed E-state index contributed by atoms with van der Waals surface area (Å²) >= 11 is 0. The lowest BCUT2D eigenvalue weighted by molar-refractivity contribution is -0.122. The number of aliphatic imine (C=N–C) groups is 2. The van der Waals surface area contributed by atoms with Gasteiger partial charge in [-0.3, -0.25) is 57.9 Å². The van der Waals surface area contributed by atoms with Crippen molar-refractivity contribution in [1.29, 1.82) is 0 Å². The van der Waals surface area contributed by atoms with Gasteiger partial charge in [-0.25, -0.2) is 0 Å². The number of hydrogen-bond acceptors (Lipinski definition) is 21. The van der Waals surface area contributed by atoms with Crippen LogP contribution in [0.5, 0.6) is 0 Å². The van der Waals surface area contributed by atoms with Crippen molar-refractivity contribution in [2.45, 2.75) is 338 Å². The van der Waals surface area contributed by atoms with Crippen LogP contribution in [0.15, 0.2) is 47.2 Å². The maximum Gasteiger partial charge on any atom is 0.185 e. The van der Waals surface area contributed by atoms with E-state index in [2.05, 4.69) is 52.6 Å². The molecule has 0 aromatic rings. The molecule has 23 N–H and O–H groups in total. The van der Waals surface area contributed by atoms with E-state index in [0.29, 0.717) is 129 Å². The molecule has 25 nitrogen and oxygen atoms in total. The van der Waals surface area contributed by atoms with Gasteiger partial charge in [0.15, 0.2) is 17.7 Å². The second kappa shape index (κ2) is 101. The number of nitrogens with zero attached hydrogens (tertiary/aromatic N) is 2. The van der Waals surface area contributed by atoms with Gasteiger partial charge < -0.3 is 73.3 Å². The molecule has 0 saturated carbocycles. The van der Waals surface area contributed by atoms with Gasteiger partial charge >= 0.3 is 0 Å². The lowest BCUT2D eigenvalue weighted by Gasteiger charge is -2.05. The Labute approximate surface area is 684 Å². The summed E-state index contributed by atoms with van der Waals surface area (Å²) in [6.07, 6.45) is 18.9. The first kappa shape index (κ1) is 143. The third kappa shape index (κ3) is 136. The zero-order valence-corrected chi connectivity index (χ0v) is 70.9. The number of hydrogen-bond donors (Lipinski definition) is 13. The smallest absolute Gasteiger partial charge is 0.185 e. The number of guanidine groups is 2. The van der Waals surface area contributed by atoms with E-state index in [0.717, 1.165) is 103 Å². The number of nitrogens with two attached hydrogens (primary N) is 10. The van der Waals surface area contributed by atoms with Gasteiger partial charge in [0, 0.05) is 143 Å². The van der Waals surface area contributed by atoms with Crippen molar-refractivity contribution >= 4 is 69.8 Å². The van der Waals surface area contributed by atoms with Crippen molar-refractivity contribution < 1.29 is 47.9 Å². The van der Waals surface area contributed by atoms with Crippen molar-refractivity contribution in [2.75, 3.05) is 52.4 Å². The van der Waals surface area contributed by atoms with Crippen LogP contribution >= 0.6 is 0 Å². The van der Waals surface area contributed by atoms with E-state index in [1.165, 1.54) is 12.8 Å². The van der Waals surface area contributed by atoms with Gasteiger partial charge in [0.25, 0.3) is 0 Å². The van der Waals surface area contributed by atoms with E-state index in [-0.39, 0.29) is 140 Å². The molecule has 0 aliphatic carbocycles. The number of carbonyl (C=O) groups is 10. The predicted molar refractivity (Wildman–Crippen MR) is 484 cm³/mol. The molecule has 25 heteroatoms. The summed E-state index contributed by atoms with van der Waals surface area (Å²) in [5.41, 5.74) is 51.9. The summed E-state index contributed by atoms with van der Waals surface area (Å²) < 4.78 is 0. The maximum absolute atomic E-state index is 11.2. The summed E-state index contributed by atoms with van der Waals surface area (Å²) in [6, 6.07) is 0. The van der Waals surface area contributed by atoms with Crippen LogP contribution in [-0.2, 0) is 47.9 Å². The van der Waals surface area contributed by atoms with Crippen LogP contribution < -0.4 is 73.3 Å². The number of Topliss-reactive ketones (excluding diaryl/α,β-unsaturated/α-hetero) is 10. The molecule has 0 atom stereocenters. The first-order chi connectivity index (χ1) is 48.6. The zero-order chi connectivity index (χ0) is 84.2. The Bertz CT molecular complexity index is 2310. The number of ketones is 10. The molecule has 0 heterocycles. The fourth-order valence-corrected chi connectivity index (χ4v) is 6.99. The Morgan fingerprint density at radius 2 is 0.523 bits per heavy atom. The molecule has 111 heavy (non-hydrogen) atoms. The number of rotatable bonds is 48. The minimum absolute atomic E-state index is 0. The van der Waals surface area contributed by atoms with E-state index in [9.17, 15) is 47.9 Å². The van der Waals surface area contributed by atoms with Crippen molar-refractivity contribution in [3.63, 3.8) is 0 Å². The highest BCUT2D eigenvalue weighted by atomic mass is 16.2. The number of carbonyl (C=O) groups excluding carboxylic acids is 10. The van der Waals surface area contributed by atoms with E-state index >= 15 is 0 Å². The number of nitrogens with one attached hydrogen (secondary N) is 3. The number of unbranched alkanes of at least 4 members (excludes halogenated alkanes) is 7. The summed E-state index contributed by atoms with van der Waals surface area (Å²) in [4.78, 5) is 117. The highest BCUT2D eigenvalue weighted by molar-refractivity contribution is 5.84. The Morgan fingerprint density at radius 1 is 0.270 bits per heavy atom. The van der Waals surface area contributed by atoms with Crippen LogP contribution in [0.2, 0.25) is 0 Å². The monoisotopic (exact) mass is 1590 g/mol. The molecule has 668 valence electrons. The highest BCUT2D eigenvalue weighted by Gasteiger charge is 2.11. The Kier molecular flexibility index (Phi) is 130. The topological polar surface area (TPSA) is 492 Å². The molecule has 0 radical (unpaired) electrons. The molecule has 0 spiro atoms. The molecule has 0 aliphatic rings. The average molecular weight is 1590 g/mol. The molecule has 0 rings (SSSR count). The third-order valence-corrected chi connectivity index (χ3v) is 14.6. The molecule has 0 unspecified atom stereocenters. The van der Waals surface area contributed by atoms with E-state index in [1.54, 1.807) is 0 Å². The molecule has 0 aromatic heterocycles. The highest BCUT2D eigenvalue weighted by Crippen LogP contribution is 2.09. The van der Waals surface area contributed by atoms with E-state index < -0.39 is 0 Å². The molecule has 0 fully saturated rings. The zero-order valence-electron chi connectivity index (χ0n) is 70.9. The van der Waals surface area contributed by atoms with Gasteiger partial charge in [-0.15, -0.1) is 0 Å². The summed E-state index contributed by atoms with van der Waals surface area (Å²) in [5, 5.41) is 8.49. The molecule has 0 saturated heterocycles. The molecule has 0 aliphatic heterocycles. The molecule has 0 bridgehead atoms. The van der Waals surface area contributed by atoms with Crippen LogP contribution in [0.25, 0.3) is 0 Å². The lowest BCUT2D eigenvalue weighted by atomic mass is 10.0. The van der Waals surface area contributed by atoms with Crippen molar-refractivity contribution in [3.8, 4) is 0 Å². The first-order valence-corrected chi connectivity index (χ1v) is 38.6. The Hall–Kier alpha value is -6.86. The van der Waals surface area contributed by atoms with Gasteiger partial charge in [0.1, 0.15) is 52.0 Å². The average Bonchev–Trinajstić information content (AvgIpc) is 1.04. The Balaban J connectivity index is -0.0000000645. The summed E-state index contributed by atoms with van der Waals surface area (Å²) in [5.74, 6) is 6.10. The van der Waals surface area contributed by atoms with Crippen LogP contribution in [0.1, 0.15) is 338 Å². The summed E-state index contributed by atoms with van der Waals surface area (Å²) in [7, 11) is 0. The maximum atomic E-state index is 11.2. The molecular weight excluding hydrogens is 1400 g/mol. The van der Waals surface area contributed by atoms with E-state index in [4.69, 9.17) is 57.3 Å². The largest absolute Gasteiger partial charge is 0.386 e. The van der Waals surface area contributed by atoms with Gasteiger partial charge in [-0.2, -0.15) is 0 Å². The predicted octanol–water partition coefficient (Wildman–Crippen LogP) is 15.0. The van der Waals surface area contributed by atoms with Crippen molar-refractivity contribution in [2.24, 2.45) is 127 Å². The van der Waals surface area contributed by atoms with Gasteiger partial charge in [-0.05, 0) is 77.4 Å². The van der Waals surface area contributed by atoms with Gasteiger partial charge in [0.2, 0.25) is 0 Å². The van der Waals surface area contributed by atoms with Crippen LogP contribution in [0.3, 0.4) is 0 Å². The molecule has 0 amide bonds. The molecule has 0 aromatic carbocycles. The van der Waals surface area contributed by atoms with Crippen molar-refractivity contribution in [1.82, 2.24) is 16.0 Å². The first-order valence-electron chi connectivity index (χ1n) is 38.6. The quantitative estimate of drug-likeness (QED) is 0.0153. The minimum atomic E-state index is 0. The summed E-state index contributed by atoms with van der Waals surface area (Å²) in [6.45, 7) is 57.5. The standard InChI is InChI=1S/C11H22N2O.C9H19N3O.C9H18N2O.C9H19NO.C9H18O.C7H15N3O.C7H14N2O.C7H15NO.C6H13NO.C6H12O.6CH4/c1-9(2)11(14)7-5-4-6-8-13-10(3)12;1-7(2)8(13)5-3-4-6-12-9(10)11;1-7(2)9(12)5-4-6-11-8(3)10;1-8(2)9(11)6-4-3-5-7-10;1-4-5-6-7-9(10)8(2)3;1-5(2)6(11)3-4-10-7(8)9;1-5(2)7(10)4-9-6(3)8;1-6(2)7(9)4-3-5-8;1-5(2)6(8)3-4-7;1-4-6(7)5(2)3;;;;;;/h9,13H,3-8,12H2,1-2H3;7H,3-6H2,1-2H3,(H4,10,11,12);7,11H,3-6,10H2,1-2H3;8H,3-7,10H2,1-2H3;8H,4-7H2,1-3H3;5H,3-4H2,1-2H3,(H4,8,9,10);5,9H,3-4,8H2,1-2H3;6H,3-5,8H2,1-2H3;5H,3-4,7H2,1-2H3;5H,4H2,1-3H3;6*1H4. The second-order valence-corrected chi connectivity index (χ2v) is 28.6. The van der Waals surface area contributed by atoms with Crippen molar-refractivity contribution in [3.05, 3.63) is 37.2 Å². The lowest BCUT2D eigenvalue weighted by Crippen LogP contribution is -2.28. The second-order valence-electron chi connectivity index (χ2n) is 28.6. The normalized spacial score (nSPS) is 9.50. The molecular formula is C86H189N15O10. The van der Waals surface area contributed by atoms with Crippen LogP contribution in [0.4, 0.5) is 0 Å².